The van der Waals surface area contributed by atoms with E-state index in [1.54, 1.807) is 35.2 Å². The van der Waals surface area contributed by atoms with Crippen LogP contribution in [0.3, 0.4) is 0 Å². The molecule has 1 aromatic carbocycles. The number of benzene rings is 1. The molecule has 128 valence electrons. The number of amides is 1. The molecule has 1 N–H and O–H groups in total. The number of ketones is 1. The van der Waals surface area contributed by atoms with Gasteiger partial charge in [0.05, 0.1) is 11.8 Å². The molecule has 3 heterocycles. The molecule has 7 heteroatoms. The number of oxazole rings is 1. The minimum atomic E-state index is -0.538. The number of hydrogen-bond acceptors (Lipinski definition) is 5. The van der Waals surface area contributed by atoms with Crippen molar-refractivity contribution < 1.29 is 18.4 Å². The van der Waals surface area contributed by atoms with Crippen molar-refractivity contribution >= 4 is 22.8 Å². The van der Waals surface area contributed by atoms with Crippen molar-refractivity contribution in [2.45, 2.75) is 12.8 Å². The van der Waals surface area contributed by atoms with Crippen molar-refractivity contribution in [2.24, 2.45) is 5.92 Å². The fraction of sp³-hybridized carbons (Fsp3) is 0.278. The van der Waals surface area contributed by atoms with Crippen LogP contribution >= 0.6 is 0 Å². The van der Waals surface area contributed by atoms with Crippen molar-refractivity contribution in [3.05, 3.63) is 58.5 Å². The molecule has 1 aliphatic rings. The largest absolute Gasteiger partial charge is 0.459 e. The maximum atomic E-state index is 12.7. The molecule has 0 radical (unpaired) electrons. The number of hydrogen-bond donors (Lipinski definition) is 1. The Morgan fingerprint density at radius 3 is 2.68 bits per heavy atom. The van der Waals surface area contributed by atoms with Crippen LogP contribution in [0, 0.1) is 5.92 Å². The number of rotatable bonds is 3. The van der Waals surface area contributed by atoms with E-state index >= 15 is 0 Å². The Morgan fingerprint density at radius 2 is 1.96 bits per heavy atom. The molecule has 0 saturated carbocycles. The van der Waals surface area contributed by atoms with Crippen molar-refractivity contribution in [2.75, 3.05) is 13.1 Å². The average molecular weight is 340 g/mol. The number of Topliss-reactive ketones (excluding diaryl/α,β-unsaturated/α-hetero) is 1. The van der Waals surface area contributed by atoms with Crippen molar-refractivity contribution in [1.29, 1.82) is 0 Å². The third-order valence-corrected chi connectivity index (χ3v) is 4.59. The molecule has 1 amide bonds. The molecule has 4 rings (SSSR count). The van der Waals surface area contributed by atoms with Crippen LogP contribution in [0.5, 0.6) is 0 Å². The Hall–Kier alpha value is -3.09. The van der Waals surface area contributed by atoms with Gasteiger partial charge in [-0.15, -0.1) is 0 Å². The number of aromatic amines is 1. The van der Waals surface area contributed by atoms with E-state index in [4.69, 9.17) is 8.83 Å². The lowest BCUT2D eigenvalue weighted by atomic mass is 9.88. The number of carbonyl (C=O) groups is 2. The van der Waals surface area contributed by atoms with E-state index in [-0.39, 0.29) is 17.6 Å². The fourth-order valence-electron chi connectivity index (χ4n) is 3.24. The van der Waals surface area contributed by atoms with E-state index in [1.165, 1.54) is 6.26 Å². The van der Waals surface area contributed by atoms with Crippen LogP contribution in [0.4, 0.5) is 0 Å². The molecule has 25 heavy (non-hydrogen) atoms. The summed E-state index contributed by atoms with van der Waals surface area (Å²) in [4.78, 5) is 40.4. The Morgan fingerprint density at radius 1 is 1.16 bits per heavy atom. The lowest BCUT2D eigenvalue weighted by Gasteiger charge is -2.30. The van der Waals surface area contributed by atoms with Gasteiger partial charge in [0.15, 0.2) is 17.1 Å². The highest BCUT2D eigenvalue weighted by Gasteiger charge is 2.29. The summed E-state index contributed by atoms with van der Waals surface area (Å²) < 4.78 is 10.1. The van der Waals surface area contributed by atoms with Gasteiger partial charge in [0.25, 0.3) is 5.91 Å². The molecule has 7 nitrogen and oxygen atoms in total. The van der Waals surface area contributed by atoms with Gasteiger partial charge in [0.1, 0.15) is 0 Å². The van der Waals surface area contributed by atoms with Gasteiger partial charge in [-0.3, -0.25) is 14.6 Å². The topological polar surface area (TPSA) is 96.5 Å². The van der Waals surface area contributed by atoms with Gasteiger partial charge in [-0.1, -0.05) is 0 Å². The Labute approximate surface area is 142 Å². The monoisotopic (exact) mass is 340 g/mol. The first-order valence-electron chi connectivity index (χ1n) is 8.12. The summed E-state index contributed by atoms with van der Waals surface area (Å²) in [5.41, 5.74) is 1.47. The van der Waals surface area contributed by atoms with E-state index in [9.17, 15) is 14.4 Å². The predicted molar refractivity (Wildman–Crippen MR) is 88.5 cm³/mol. The average Bonchev–Trinajstić information content (AvgIpc) is 3.28. The standard InChI is InChI=1S/C18H16N2O5/c21-16(12-3-4-13-15(10-12)25-18(23)19-13)11-5-7-20(8-6-11)17(22)14-2-1-9-24-14/h1-4,9-11H,5-8H2,(H,19,23). The second-order valence-corrected chi connectivity index (χ2v) is 6.13. The van der Waals surface area contributed by atoms with E-state index < -0.39 is 5.76 Å². The molecule has 0 bridgehead atoms. The summed E-state index contributed by atoms with van der Waals surface area (Å²) in [6.45, 7) is 1.02. The molecule has 1 aliphatic heterocycles. The molecular formula is C18H16N2O5. The third-order valence-electron chi connectivity index (χ3n) is 4.59. The summed E-state index contributed by atoms with van der Waals surface area (Å²) >= 11 is 0. The van der Waals surface area contributed by atoms with Crippen molar-refractivity contribution in [3.63, 3.8) is 0 Å². The molecule has 1 fully saturated rings. The number of nitrogens with zero attached hydrogens (tertiary/aromatic N) is 1. The molecule has 0 unspecified atom stereocenters. The summed E-state index contributed by atoms with van der Waals surface area (Å²) in [6.07, 6.45) is 2.67. The zero-order valence-corrected chi connectivity index (χ0v) is 13.4. The normalized spacial score (nSPS) is 15.6. The molecule has 0 aliphatic carbocycles. The number of piperidine rings is 1. The first kappa shape index (κ1) is 15.4. The highest BCUT2D eigenvalue weighted by molar-refractivity contribution is 6.00. The number of nitrogens with one attached hydrogen (secondary N) is 1. The summed E-state index contributed by atoms with van der Waals surface area (Å²) in [5.74, 6) is -0.506. The third kappa shape index (κ3) is 2.88. The Balaban J connectivity index is 1.45. The van der Waals surface area contributed by atoms with Crippen LogP contribution in [-0.4, -0.2) is 34.7 Å². The summed E-state index contributed by atoms with van der Waals surface area (Å²) in [7, 11) is 0. The van der Waals surface area contributed by atoms with Gasteiger partial charge >= 0.3 is 5.76 Å². The van der Waals surface area contributed by atoms with Gasteiger partial charge in [0.2, 0.25) is 0 Å². The van der Waals surface area contributed by atoms with Crippen LogP contribution < -0.4 is 5.76 Å². The number of fused-ring (bicyclic) bond motifs is 1. The smallest absolute Gasteiger partial charge is 0.417 e. The number of carbonyl (C=O) groups excluding carboxylic acids is 2. The van der Waals surface area contributed by atoms with Gasteiger partial charge in [0, 0.05) is 24.6 Å². The predicted octanol–water partition coefficient (Wildman–Crippen LogP) is 2.45. The van der Waals surface area contributed by atoms with Crippen LogP contribution in [0.1, 0.15) is 33.8 Å². The maximum Gasteiger partial charge on any atom is 0.417 e. The number of aromatic nitrogens is 1. The molecule has 0 spiro atoms. The van der Waals surface area contributed by atoms with E-state index in [0.717, 1.165) is 0 Å². The zero-order chi connectivity index (χ0) is 17.4. The molecule has 0 atom stereocenters. The number of H-pyrrole nitrogens is 1. The zero-order valence-electron chi connectivity index (χ0n) is 13.4. The lowest BCUT2D eigenvalue weighted by molar-refractivity contribution is 0.0624. The maximum absolute atomic E-state index is 12.7. The molecule has 3 aromatic rings. The number of furan rings is 1. The Kier molecular flexibility index (Phi) is 3.76. The summed E-state index contributed by atoms with van der Waals surface area (Å²) in [6, 6.07) is 8.27. The van der Waals surface area contributed by atoms with Gasteiger partial charge < -0.3 is 13.7 Å². The lowest BCUT2D eigenvalue weighted by Crippen LogP contribution is -2.40. The van der Waals surface area contributed by atoms with Crippen LogP contribution in [0.25, 0.3) is 11.1 Å². The van der Waals surface area contributed by atoms with Crippen LogP contribution in [0.2, 0.25) is 0 Å². The number of likely N-dealkylation sites (tertiary alicyclic amines) is 1. The van der Waals surface area contributed by atoms with Crippen LogP contribution in [-0.2, 0) is 0 Å². The summed E-state index contributed by atoms with van der Waals surface area (Å²) in [5, 5.41) is 0. The molecule has 2 aromatic heterocycles. The Bertz CT molecular complexity index is 974. The van der Waals surface area contributed by atoms with Gasteiger partial charge in [-0.05, 0) is 43.2 Å². The van der Waals surface area contributed by atoms with E-state index in [2.05, 4.69) is 4.98 Å². The highest BCUT2D eigenvalue weighted by atomic mass is 16.4. The molecular weight excluding hydrogens is 324 g/mol. The SMILES string of the molecule is O=C(c1ccc2[nH]c(=O)oc2c1)C1CCN(C(=O)c2ccco2)CC1. The first-order chi connectivity index (χ1) is 12.1. The van der Waals surface area contributed by atoms with Crippen molar-refractivity contribution in [3.8, 4) is 0 Å². The van der Waals surface area contributed by atoms with Crippen molar-refractivity contribution in [1.82, 2.24) is 9.88 Å². The quantitative estimate of drug-likeness (QED) is 0.739. The minimum absolute atomic E-state index is 0.0100. The van der Waals surface area contributed by atoms with Gasteiger partial charge in [-0.2, -0.15) is 0 Å². The fourth-order valence-corrected chi connectivity index (χ4v) is 3.24. The van der Waals surface area contributed by atoms with Gasteiger partial charge in [-0.25, -0.2) is 4.79 Å². The second kappa shape index (κ2) is 6.08. The van der Waals surface area contributed by atoms with E-state index in [1.807, 2.05) is 0 Å². The van der Waals surface area contributed by atoms with E-state index in [0.29, 0.717) is 48.4 Å². The molecule has 1 saturated heterocycles. The minimum Gasteiger partial charge on any atom is -0.459 e. The van der Waals surface area contributed by atoms with Crippen LogP contribution in [0.15, 0.2) is 50.2 Å². The first-order valence-corrected chi connectivity index (χ1v) is 8.12. The highest BCUT2D eigenvalue weighted by Crippen LogP contribution is 2.24. The second-order valence-electron chi connectivity index (χ2n) is 6.13.